The monoisotopic (exact) mass is 252 g/mol. The first-order valence-corrected chi connectivity index (χ1v) is 5.69. The van der Waals surface area contributed by atoms with Crippen molar-refractivity contribution in [2.45, 2.75) is 0 Å². The average Bonchev–Trinajstić information content (AvgIpc) is 2.99. The molecule has 4 rings (SSSR count). The second kappa shape index (κ2) is 3.52. The van der Waals surface area contributed by atoms with Gasteiger partial charge in [0.15, 0.2) is 11.5 Å². The van der Waals surface area contributed by atoms with Crippen molar-refractivity contribution in [1.82, 2.24) is 29.5 Å². The lowest BCUT2D eigenvalue weighted by Gasteiger charge is -1.97. The molecule has 19 heavy (non-hydrogen) atoms. The maximum absolute atomic E-state index is 11.2. The van der Waals surface area contributed by atoms with E-state index in [1.165, 1.54) is 0 Å². The molecule has 2 N–H and O–H groups in total. The minimum atomic E-state index is -0.290. The topological polar surface area (TPSA) is 91.7 Å². The molecule has 0 aliphatic rings. The molecule has 0 radical (unpaired) electrons. The molecule has 4 aromatic rings. The summed E-state index contributed by atoms with van der Waals surface area (Å²) < 4.78 is 1.75. The largest absolute Gasteiger partial charge is 0.325 e. The molecule has 4 aromatic heterocycles. The SMILES string of the molecule is O=c1[nH]c2cnc(-c3cnn4ccccc34)nc2[nH]1. The molecule has 0 atom stereocenters. The number of imidazole rings is 1. The molecular weight excluding hydrogens is 244 g/mol. The number of hydrogen-bond acceptors (Lipinski definition) is 4. The Morgan fingerprint density at radius 1 is 1.16 bits per heavy atom. The van der Waals surface area contributed by atoms with Gasteiger partial charge in [-0.1, -0.05) is 6.07 Å². The molecule has 0 aromatic carbocycles. The number of aromatic nitrogens is 6. The van der Waals surface area contributed by atoms with E-state index in [0.29, 0.717) is 17.0 Å². The molecule has 0 saturated heterocycles. The maximum Gasteiger partial charge on any atom is 0.325 e. The van der Waals surface area contributed by atoms with Gasteiger partial charge < -0.3 is 4.98 Å². The van der Waals surface area contributed by atoms with E-state index in [0.717, 1.165) is 11.1 Å². The fourth-order valence-corrected chi connectivity index (χ4v) is 2.07. The van der Waals surface area contributed by atoms with Crippen LogP contribution in [0.1, 0.15) is 0 Å². The Bertz CT molecular complexity index is 947. The third kappa shape index (κ3) is 1.45. The van der Waals surface area contributed by atoms with E-state index in [9.17, 15) is 4.79 Å². The van der Waals surface area contributed by atoms with Gasteiger partial charge in [0, 0.05) is 6.20 Å². The fourth-order valence-electron chi connectivity index (χ4n) is 2.07. The van der Waals surface area contributed by atoms with Crippen molar-refractivity contribution in [3.05, 3.63) is 47.3 Å². The van der Waals surface area contributed by atoms with E-state index >= 15 is 0 Å². The number of hydrogen-bond donors (Lipinski definition) is 2. The van der Waals surface area contributed by atoms with E-state index in [1.807, 2.05) is 24.4 Å². The van der Waals surface area contributed by atoms with Gasteiger partial charge in [-0.3, -0.25) is 4.98 Å². The molecule has 0 saturated carbocycles. The van der Waals surface area contributed by atoms with Crippen LogP contribution in [0.25, 0.3) is 28.1 Å². The van der Waals surface area contributed by atoms with Crippen LogP contribution in [0.5, 0.6) is 0 Å². The molecule has 0 aliphatic carbocycles. The van der Waals surface area contributed by atoms with Gasteiger partial charge in [-0.2, -0.15) is 5.10 Å². The van der Waals surface area contributed by atoms with Crippen LogP contribution in [0.4, 0.5) is 0 Å². The molecule has 4 heterocycles. The summed E-state index contributed by atoms with van der Waals surface area (Å²) in [5.74, 6) is 0.531. The maximum atomic E-state index is 11.2. The van der Waals surface area contributed by atoms with Gasteiger partial charge in [0.2, 0.25) is 0 Å². The fraction of sp³-hybridized carbons (Fsp3) is 0. The third-order valence-corrected chi connectivity index (χ3v) is 2.94. The van der Waals surface area contributed by atoms with Crippen molar-refractivity contribution in [2.24, 2.45) is 0 Å². The normalized spacial score (nSPS) is 11.4. The van der Waals surface area contributed by atoms with Crippen molar-refractivity contribution in [1.29, 1.82) is 0 Å². The zero-order valence-corrected chi connectivity index (χ0v) is 9.66. The number of aromatic amines is 2. The van der Waals surface area contributed by atoms with Crippen molar-refractivity contribution in [2.75, 3.05) is 0 Å². The van der Waals surface area contributed by atoms with E-state index in [1.54, 1.807) is 16.9 Å². The molecular formula is C12H8N6O. The third-order valence-electron chi connectivity index (χ3n) is 2.94. The Morgan fingerprint density at radius 3 is 3.05 bits per heavy atom. The minimum Gasteiger partial charge on any atom is -0.303 e. The standard InChI is InChI=1S/C12H8N6O/c19-12-15-8-6-13-10(16-11(8)17-12)7-5-14-18-4-2-1-3-9(7)18/h1-6H,(H2,13,15,16,17,19). The number of rotatable bonds is 1. The van der Waals surface area contributed by atoms with Crippen LogP contribution in [0.2, 0.25) is 0 Å². The zero-order chi connectivity index (χ0) is 12.8. The van der Waals surface area contributed by atoms with Crippen molar-refractivity contribution in [3.8, 4) is 11.4 Å². The van der Waals surface area contributed by atoms with E-state index in [-0.39, 0.29) is 5.69 Å². The van der Waals surface area contributed by atoms with Crippen molar-refractivity contribution >= 4 is 16.7 Å². The number of nitrogens with zero attached hydrogens (tertiary/aromatic N) is 4. The Kier molecular flexibility index (Phi) is 1.85. The van der Waals surface area contributed by atoms with Gasteiger partial charge in [0.05, 0.1) is 23.5 Å². The second-order valence-corrected chi connectivity index (χ2v) is 4.12. The first-order valence-electron chi connectivity index (χ1n) is 5.69. The summed E-state index contributed by atoms with van der Waals surface area (Å²) in [5.41, 5.74) is 2.53. The van der Waals surface area contributed by atoms with Crippen LogP contribution >= 0.6 is 0 Å². The zero-order valence-electron chi connectivity index (χ0n) is 9.66. The quantitative estimate of drug-likeness (QED) is 0.527. The van der Waals surface area contributed by atoms with Gasteiger partial charge in [0.1, 0.15) is 5.52 Å². The van der Waals surface area contributed by atoms with Crippen LogP contribution < -0.4 is 5.69 Å². The number of fused-ring (bicyclic) bond motifs is 2. The summed E-state index contributed by atoms with van der Waals surface area (Å²) in [6, 6.07) is 5.77. The Balaban J connectivity index is 2.00. The van der Waals surface area contributed by atoms with Crippen LogP contribution in [0, 0.1) is 0 Å². The highest BCUT2D eigenvalue weighted by molar-refractivity contribution is 5.78. The number of nitrogens with one attached hydrogen (secondary N) is 2. The van der Waals surface area contributed by atoms with Crippen LogP contribution in [0.3, 0.4) is 0 Å². The molecule has 0 fully saturated rings. The molecule has 92 valence electrons. The summed E-state index contributed by atoms with van der Waals surface area (Å²) in [4.78, 5) is 25.0. The van der Waals surface area contributed by atoms with Crippen LogP contribution in [0.15, 0.2) is 41.6 Å². The first-order chi connectivity index (χ1) is 9.31. The summed E-state index contributed by atoms with van der Waals surface area (Å²) in [6.45, 7) is 0. The van der Waals surface area contributed by atoms with Gasteiger partial charge in [-0.15, -0.1) is 0 Å². The van der Waals surface area contributed by atoms with Crippen molar-refractivity contribution < 1.29 is 0 Å². The summed E-state index contributed by atoms with van der Waals surface area (Å²) >= 11 is 0. The van der Waals surface area contributed by atoms with Gasteiger partial charge in [-0.25, -0.2) is 19.3 Å². The number of pyridine rings is 1. The molecule has 0 unspecified atom stereocenters. The highest BCUT2D eigenvalue weighted by Crippen LogP contribution is 2.21. The molecule has 0 aliphatic heterocycles. The van der Waals surface area contributed by atoms with Crippen LogP contribution in [-0.2, 0) is 0 Å². The van der Waals surface area contributed by atoms with Crippen LogP contribution in [-0.4, -0.2) is 29.5 Å². The van der Waals surface area contributed by atoms with E-state index < -0.39 is 0 Å². The molecule has 0 spiro atoms. The predicted octanol–water partition coefficient (Wildman–Crippen LogP) is 0.961. The summed E-state index contributed by atoms with van der Waals surface area (Å²) in [5, 5.41) is 4.24. The molecule has 0 amide bonds. The van der Waals surface area contributed by atoms with Crippen molar-refractivity contribution in [3.63, 3.8) is 0 Å². The molecule has 7 heteroatoms. The highest BCUT2D eigenvalue weighted by Gasteiger charge is 2.10. The van der Waals surface area contributed by atoms with Gasteiger partial charge in [-0.05, 0) is 12.1 Å². The Hall–Kier alpha value is -2.96. The Labute approximate surface area is 106 Å². The first kappa shape index (κ1) is 10.0. The molecule has 7 nitrogen and oxygen atoms in total. The second-order valence-electron chi connectivity index (χ2n) is 4.12. The lowest BCUT2D eigenvalue weighted by molar-refractivity contribution is 0.961. The summed E-state index contributed by atoms with van der Waals surface area (Å²) in [6.07, 6.45) is 5.15. The van der Waals surface area contributed by atoms with Gasteiger partial charge >= 0.3 is 5.69 Å². The Morgan fingerprint density at radius 2 is 2.11 bits per heavy atom. The van der Waals surface area contributed by atoms with E-state index in [2.05, 4.69) is 25.0 Å². The summed E-state index contributed by atoms with van der Waals surface area (Å²) in [7, 11) is 0. The smallest absolute Gasteiger partial charge is 0.303 e. The highest BCUT2D eigenvalue weighted by atomic mass is 16.1. The number of H-pyrrole nitrogens is 2. The lowest BCUT2D eigenvalue weighted by atomic mass is 10.2. The van der Waals surface area contributed by atoms with E-state index in [4.69, 9.17) is 0 Å². The van der Waals surface area contributed by atoms with Gasteiger partial charge in [0.25, 0.3) is 0 Å². The lowest BCUT2D eigenvalue weighted by Crippen LogP contribution is -1.99. The minimum absolute atomic E-state index is 0.290. The predicted molar refractivity (Wildman–Crippen MR) is 68.7 cm³/mol. The molecule has 0 bridgehead atoms. The average molecular weight is 252 g/mol.